The standard InChI is InChI=1S/C15H14Cl2F2N2/c16-11-5-4-9(13(17)8-11)6-12(21-20)7-10-2-1-3-14(18)15(10)19/h1-5,8,12,21H,6-7,20H2. The van der Waals surface area contributed by atoms with Crippen LogP contribution in [-0.4, -0.2) is 6.04 Å². The van der Waals surface area contributed by atoms with Gasteiger partial charge in [-0.2, -0.15) is 0 Å². The molecule has 2 aromatic carbocycles. The SMILES string of the molecule is NNC(Cc1ccc(Cl)cc1Cl)Cc1cccc(F)c1F. The molecule has 1 unspecified atom stereocenters. The van der Waals surface area contributed by atoms with E-state index in [4.69, 9.17) is 29.0 Å². The van der Waals surface area contributed by atoms with Crippen molar-refractivity contribution < 1.29 is 8.78 Å². The fraction of sp³-hybridized carbons (Fsp3) is 0.200. The van der Waals surface area contributed by atoms with Crippen LogP contribution in [0.25, 0.3) is 0 Å². The van der Waals surface area contributed by atoms with Gasteiger partial charge in [0.2, 0.25) is 0 Å². The minimum absolute atomic E-state index is 0.249. The summed E-state index contributed by atoms with van der Waals surface area (Å²) in [5.41, 5.74) is 3.71. The number of rotatable bonds is 5. The van der Waals surface area contributed by atoms with Crippen molar-refractivity contribution in [3.8, 4) is 0 Å². The molecule has 0 aromatic heterocycles. The average molecular weight is 331 g/mol. The normalized spacial score (nSPS) is 12.4. The zero-order chi connectivity index (χ0) is 15.4. The molecule has 2 nitrogen and oxygen atoms in total. The monoisotopic (exact) mass is 330 g/mol. The molecule has 0 saturated heterocycles. The number of hydrazine groups is 1. The van der Waals surface area contributed by atoms with Crippen LogP contribution in [0, 0.1) is 11.6 Å². The molecule has 2 rings (SSSR count). The predicted molar refractivity (Wildman–Crippen MR) is 81.3 cm³/mol. The Balaban J connectivity index is 2.15. The van der Waals surface area contributed by atoms with Gasteiger partial charge in [-0.15, -0.1) is 0 Å². The molecule has 112 valence electrons. The minimum atomic E-state index is -0.868. The first-order chi connectivity index (χ1) is 10.0. The summed E-state index contributed by atoms with van der Waals surface area (Å²) < 4.78 is 26.9. The Hall–Kier alpha value is -1.20. The van der Waals surface area contributed by atoms with Gasteiger partial charge in [0.05, 0.1) is 0 Å². The van der Waals surface area contributed by atoms with Gasteiger partial charge in [0.25, 0.3) is 0 Å². The van der Waals surface area contributed by atoms with Crippen molar-refractivity contribution >= 4 is 23.2 Å². The van der Waals surface area contributed by atoms with Crippen LogP contribution in [-0.2, 0) is 12.8 Å². The third kappa shape index (κ3) is 4.14. The summed E-state index contributed by atoms with van der Waals surface area (Å²) in [5.74, 6) is 3.79. The lowest BCUT2D eigenvalue weighted by atomic mass is 9.99. The average Bonchev–Trinajstić information content (AvgIpc) is 2.45. The van der Waals surface area contributed by atoms with E-state index in [1.54, 1.807) is 18.2 Å². The lowest BCUT2D eigenvalue weighted by Gasteiger charge is -2.17. The highest BCUT2D eigenvalue weighted by atomic mass is 35.5. The van der Waals surface area contributed by atoms with E-state index in [0.29, 0.717) is 16.5 Å². The Morgan fingerprint density at radius 1 is 1.05 bits per heavy atom. The van der Waals surface area contributed by atoms with Gasteiger partial charge < -0.3 is 0 Å². The lowest BCUT2D eigenvalue weighted by molar-refractivity contribution is 0.474. The number of benzene rings is 2. The third-order valence-electron chi connectivity index (χ3n) is 3.22. The lowest BCUT2D eigenvalue weighted by Crippen LogP contribution is -2.38. The molecule has 0 radical (unpaired) electrons. The maximum Gasteiger partial charge on any atom is 0.162 e. The Morgan fingerprint density at radius 3 is 2.43 bits per heavy atom. The topological polar surface area (TPSA) is 38.0 Å². The van der Waals surface area contributed by atoms with Gasteiger partial charge in [-0.1, -0.05) is 41.4 Å². The van der Waals surface area contributed by atoms with Gasteiger partial charge in [-0.3, -0.25) is 11.3 Å². The Bertz CT molecular complexity index is 635. The Kier molecular flexibility index (Phi) is 5.53. The van der Waals surface area contributed by atoms with Crippen molar-refractivity contribution in [2.45, 2.75) is 18.9 Å². The molecule has 6 heteroatoms. The summed E-state index contributed by atoms with van der Waals surface area (Å²) in [4.78, 5) is 0. The van der Waals surface area contributed by atoms with E-state index in [-0.39, 0.29) is 18.0 Å². The van der Waals surface area contributed by atoms with Crippen LogP contribution in [0.5, 0.6) is 0 Å². The predicted octanol–water partition coefficient (Wildman–Crippen LogP) is 3.89. The number of nitrogens with two attached hydrogens (primary N) is 1. The second-order valence-corrected chi connectivity index (χ2v) is 5.56. The van der Waals surface area contributed by atoms with Crippen molar-refractivity contribution in [2.75, 3.05) is 0 Å². The summed E-state index contributed by atoms with van der Waals surface area (Å²) in [7, 11) is 0. The second kappa shape index (κ2) is 7.18. The number of hydrogen-bond donors (Lipinski definition) is 2. The van der Waals surface area contributed by atoms with Crippen LogP contribution in [0.4, 0.5) is 8.78 Å². The smallest absolute Gasteiger partial charge is 0.162 e. The number of hydrogen-bond acceptors (Lipinski definition) is 2. The van der Waals surface area contributed by atoms with E-state index >= 15 is 0 Å². The Morgan fingerprint density at radius 2 is 1.76 bits per heavy atom. The Labute approximate surface area is 131 Å². The maximum atomic E-state index is 13.7. The molecule has 0 aliphatic carbocycles. The molecular weight excluding hydrogens is 317 g/mol. The maximum absolute atomic E-state index is 13.7. The van der Waals surface area contributed by atoms with Crippen LogP contribution in [0.3, 0.4) is 0 Å². The highest BCUT2D eigenvalue weighted by Gasteiger charge is 2.15. The summed E-state index contributed by atoms with van der Waals surface area (Å²) in [6, 6.07) is 8.95. The zero-order valence-electron chi connectivity index (χ0n) is 11.0. The fourth-order valence-corrected chi connectivity index (χ4v) is 2.60. The van der Waals surface area contributed by atoms with Gasteiger partial charge in [-0.25, -0.2) is 8.78 Å². The van der Waals surface area contributed by atoms with Gasteiger partial charge >= 0.3 is 0 Å². The van der Waals surface area contributed by atoms with Crippen LogP contribution < -0.4 is 11.3 Å². The van der Waals surface area contributed by atoms with Crippen LogP contribution >= 0.6 is 23.2 Å². The second-order valence-electron chi connectivity index (χ2n) is 4.72. The zero-order valence-corrected chi connectivity index (χ0v) is 12.6. The van der Waals surface area contributed by atoms with Gasteiger partial charge in [0, 0.05) is 16.1 Å². The molecule has 0 bridgehead atoms. The van der Waals surface area contributed by atoms with E-state index in [2.05, 4.69) is 5.43 Å². The van der Waals surface area contributed by atoms with Crippen molar-refractivity contribution in [2.24, 2.45) is 5.84 Å². The highest BCUT2D eigenvalue weighted by Crippen LogP contribution is 2.23. The first-order valence-electron chi connectivity index (χ1n) is 6.34. The first kappa shape index (κ1) is 16.2. The molecule has 0 aliphatic heterocycles. The van der Waals surface area contributed by atoms with Gasteiger partial charge in [-0.05, 0) is 42.2 Å². The quantitative estimate of drug-likeness (QED) is 0.644. The van der Waals surface area contributed by atoms with E-state index in [1.807, 2.05) is 0 Å². The molecule has 0 saturated carbocycles. The van der Waals surface area contributed by atoms with Gasteiger partial charge in [0.1, 0.15) is 0 Å². The summed E-state index contributed by atoms with van der Waals surface area (Å²) in [5, 5.41) is 1.06. The van der Waals surface area contributed by atoms with E-state index in [0.717, 1.165) is 11.6 Å². The first-order valence-corrected chi connectivity index (χ1v) is 7.09. The molecule has 0 heterocycles. The van der Waals surface area contributed by atoms with Crippen molar-refractivity contribution in [3.63, 3.8) is 0 Å². The van der Waals surface area contributed by atoms with Crippen molar-refractivity contribution in [1.82, 2.24) is 5.43 Å². The van der Waals surface area contributed by atoms with Crippen LogP contribution in [0.15, 0.2) is 36.4 Å². The van der Waals surface area contributed by atoms with Crippen molar-refractivity contribution in [1.29, 1.82) is 0 Å². The fourth-order valence-electron chi connectivity index (χ4n) is 2.11. The molecule has 1 atom stereocenters. The van der Waals surface area contributed by atoms with E-state index in [9.17, 15) is 8.78 Å². The van der Waals surface area contributed by atoms with Crippen LogP contribution in [0.2, 0.25) is 10.0 Å². The molecule has 3 N–H and O–H groups in total. The van der Waals surface area contributed by atoms with Crippen molar-refractivity contribution in [3.05, 3.63) is 69.2 Å². The molecule has 2 aromatic rings. The highest BCUT2D eigenvalue weighted by molar-refractivity contribution is 6.35. The summed E-state index contributed by atoms with van der Waals surface area (Å²) >= 11 is 11.9. The molecule has 0 fully saturated rings. The molecular formula is C15H14Cl2F2N2. The molecule has 0 spiro atoms. The van der Waals surface area contributed by atoms with Gasteiger partial charge in [0.15, 0.2) is 11.6 Å². The third-order valence-corrected chi connectivity index (χ3v) is 3.80. The molecule has 0 amide bonds. The van der Waals surface area contributed by atoms with Crippen LogP contribution in [0.1, 0.15) is 11.1 Å². The minimum Gasteiger partial charge on any atom is -0.271 e. The molecule has 21 heavy (non-hydrogen) atoms. The van der Waals surface area contributed by atoms with E-state index in [1.165, 1.54) is 12.1 Å². The number of nitrogens with one attached hydrogen (secondary N) is 1. The molecule has 0 aliphatic rings. The summed E-state index contributed by atoms with van der Waals surface area (Å²) in [6.07, 6.45) is 0.724. The largest absolute Gasteiger partial charge is 0.271 e. The van der Waals surface area contributed by atoms with E-state index < -0.39 is 11.6 Å². The number of halogens is 4. The summed E-state index contributed by atoms with van der Waals surface area (Å²) in [6.45, 7) is 0.